The van der Waals surface area contributed by atoms with Gasteiger partial charge in [0.25, 0.3) is 0 Å². The summed E-state index contributed by atoms with van der Waals surface area (Å²) in [5.41, 5.74) is 14.3. The molecule has 0 N–H and O–H groups in total. The van der Waals surface area contributed by atoms with Gasteiger partial charge in [0.05, 0.1) is 22.4 Å². The molecule has 1 aliphatic rings. The SMILES string of the molecule is C1=Cc2cc(-c3ccc4c(c3)c3ccccc3n4-c3ccc(-c4ccccc4)cc3)ccc2N(c2ccccc2)c2ccccc21. The number of fused-ring (bicyclic) bond motifs is 5. The van der Waals surface area contributed by atoms with E-state index in [-0.39, 0.29) is 0 Å². The molecule has 46 heavy (non-hydrogen) atoms. The minimum Gasteiger partial charge on any atom is -0.309 e. The van der Waals surface area contributed by atoms with Gasteiger partial charge in [-0.2, -0.15) is 0 Å². The summed E-state index contributed by atoms with van der Waals surface area (Å²) in [7, 11) is 0. The molecule has 8 aromatic rings. The summed E-state index contributed by atoms with van der Waals surface area (Å²) < 4.78 is 2.39. The zero-order chi connectivity index (χ0) is 30.5. The molecule has 2 nitrogen and oxygen atoms in total. The largest absolute Gasteiger partial charge is 0.309 e. The van der Waals surface area contributed by atoms with Gasteiger partial charge in [-0.1, -0.05) is 121 Å². The first kappa shape index (κ1) is 26.3. The standard InChI is InChI=1S/C44H30N2/c1-3-11-31(12-4-1)32-21-25-38(26-22-32)46-43-18-10-8-16-39(43)40-30-35(24-28-44(40)46)34-23-27-42-36(29-34)20-19-33-13-7-9-17-41(33)45(42)37-14-5-2-6-15-37/h1-30H. The first-order valence-corrected chi connectivity index (χ1v) is 15.8. The van der Waals surface area contributed by atoms with Crippen molar-refractivity contribution in [1.29, 1.82) is 0 Å². The van der Waals surface area contributed by atoms with Crippen molar-refractivity contribution in [1.82, 2.24) is 4.57 Å². The molecule has 2 heteroatoms. The summed E-state index contributed by atoms with van der Waals surface area (Å²) in [4.78, 5) is 2.37. The van der Waals surface area contributed by atoms with Crippen molar-refractivity contribution in [3.05, 3.63) is 181 Å². The number of rotatable bonds is 4. The molecule has 0 amide bonds. The van der Waals surface area contributed by atoms with Crippen LogP contribution in [0.25, 0.3) is 61.9 Å². The van der Waals surface area contributed by atoms with Gasteiger partial charge in [-0.25, -0.2) is 0 Å². The van der Waals surface area contributed by atoms with Crippen LogP contribution >= 0.6 is 0 Å². The Labute approximate surface area is 268 Å². The lowest BCUT2D eigenvalue weighted by Crippen LogP contribution is -2.11. The van der Waals surface area contributed by atoms with E-state index >= 15 is 0 Å². The van der Waals surface area contributed by atoms with E-state index in [2.05, 4.69) is 191 Å². The van der Waals surface area contributed by atoms with Gasteiger partial charge in [0, 0.05) is 22.1 Å². The van der Waals surface area contributed by atoms with Gasteiger partial charge in [-0.05, 0) is 94.0 Å². The fourth-order valence-corrected chi connectivity index (χ4v) is 6.93. The summed E-state index contributed by atoms with van der Waals surface area (Å²) in [6.45, 7) is 0. The van der Waals surface area contributed by atoms with Crippen LogP contribution in [-0.2, 0) is 0 Å². The highest BCUT2D eigenvalue weighted by atomic mass is 15.1. The van der Waals surface area contributed by atoms with E-state index < -0.39 is 0 Å². The highest BCUT2D eigenvalue weighted by Gasteiger charge is 2.20. The topological polar surface area (TPSA) is 8.17 Å². The molecule has 0 spiro atoms. The van der Waals surface area contributed by atoms with Crippen LogP contribution < -0.4 is 4.90 Å². The van der Waals surface area contributed by atoms with Crippen LogP contribution in [0, 0.1) is 0 Å². The van der Waals surface area contributed by atoms with Gasteiger partial charge >= 0.3 is 0 Å². The second-order valence-electron chi connectivity index (χ2n) is 11.8. The van der Waals surface area contributed by atoms with Crippen LogP contribution in [0.15, 0.2) is 170 Å². The molecule has 0 unspecified atom stereocenters. The van der Waals surface area contributed by atoms with Crippen molar-refractivity contribution in [3.63, 3.8) is 0 Å². The van der Waals surface area contributed by atoms with E-state index in [0.29, 0.717) is 0 Å². The smallest absolute Gasteiger partial charge is 0.0541 e. The van der Waals surface area contributed by atoms with Crippen molar-refractivity contribution in [2.45, 2.75) is 0 Å². The monoisotopic (exact) mass is 586 g/mol. The Balaban J connectivity index is 1.16. The van der Waals surface area contributed by atoms with Crippen LogP contribution in [0.5, 0.6) is 0 Å². The molecular formula is C44H30N2. The molecule has 2 heterocycles. The van der Waals surface area contributed by atoms with E-state index in [4.69, 9.17) is 0 Å². The van der Waals surface area contributed by atoms with E-state index in [1.54, 1.807) is 0 Å². The van der Waals surface area contributed by atoms with Crippen LogP contribution in [0.2, 0.25) is 0 Å². The van der Waals surface area contributed by atoms with E-state index in [1.165, 1.54) is 66.6 Å². The number of hydrogen-bond donors (Lipinski definition) is 0. The predicted molar refractivity (Wildman–Crippen MR) is 195 cm³/mol. The van der Waals surface area contributed by atoms with Crippen molar-refractivity contribution < 1.29 is 0 Å². The van der Waals surface area contributed by atoms with Crippen molar-refractivity contribution in [2.75, 3.05) is 4.90 Å². The molecule has 216 valence electrons. The number of benzene rings is 7. The fourth-order valence-electron chi connectivity index (χ4n) is 6.93. The Bertz CT molecular complexity index is 2400. The van der Waals surface area contributed by atoms with Crippen LogP contribution in [0.3, 0.4) is 0 Å². The predicted octanol–water partition coefficient (Wildman–Crippen LogP) is 12.1. The Kier molecular flexibility index (Phi) is 6.17. The maximum Gasteiger partial charge on any atom is 0.0541 e. The Morgan fingerprint density at radius 1 is 0.326 bits per heavy atom. The molecular weight excluding hydrogens is 556 g/mol. The van der Waals surface area contributed by atoms with Gasteiger partial charge in [0.1, 0.15) is 0 Å². The van der Waals surface area contributed by atoms with Gasteiger partial charge in [0.2, 0.25) is 0 Å². The molecule has 9 rings (SSSR count). The minimum atomic E-state index is 1.15. The van der Waals surface area contributed by atoms with E-state index in [1.807, 2.05) is 0 Å². The second-order valence-corrected chi connectivity index (χ2v) is 11.8. The number of nitrogens with zero attached hydrogens (tertiary/aromatic N) is 2. The zero-order valence-corrected chi connectivity index (χ0v) is 25.2. The lowest BCUT2D eigenvalue weighted by Gasteiger charge is -2.27. The third-order valence-corrected chi connectivity index (χ3v) is 9.14. The lowest BCUT2D eigenvalue weighted by atomic mass is 9.99. The summed E-state index contributed by atoms with van der Waals surface area (Å²) in [5.74, 6) is 0. The minimum absolute atomic E-state index is 1.15. The van der Waals surface area contributed by atoms with Crippen LogP contribution in [0.4, 0.5) is 17.1 Å². The molecule has 0 atom stereocenters. The number of anilines is 3. The molecule has 0 radical (unpaired) electrons. The molecule has 7 aromatic carbocycles. The van der Waals surface area contributed by atoms with Gasteiger partial charge < -0.3 is 9.47 Å². The molecule has 1 aliphatic heterocycles. The number of aromatic nitrogens is 1. The third-order valence-electron chi connectivity index (χ3n) is 9.14. The number of hydrogen-bond acceptors (Lipinski definition) is 1. The van der Waals surface area contributed by atoms with E-state index in [0.717, 1.165) is 11.4 Å². The molecule has 0 saturated heterocycles. The first-order chi connectivity index (χ1) is 22.8. The van der Waals surface area contributed by atoms with Crippen LogP contribution in [0.1, 0.15) is 11.1 Å². The highest BCUT2D eigenvalue weighted by Crippen LogP contribution is 2.43. The van der Waals surface area contributed by atoms with Crippen LogP contribution in [-0.4, -0.2) is 4.57 Å². The van der Waals surface area contributed by atoms with Gasteiger partial charge in [0.15, 0.2) is 0 Å². The summed E-state index contributed by atoms with van der Waals surface area (Å²) in [5, 5.41) is 2.51. The maximum atomic E-state index is 2.39. The van der Waals surface area contributed by atoms with Gasteiger partial charge in [-0.15, -0.1) is 0 Å². The molecule has 0 bridgehead atoms. The average molecular weight is 587 g/mol. The second kappa shape index (κ2) is 10.8. The molecule has 0 aliphatic carbocycles. The molecule has 0 saturated carbocycles. The Morgan fingerprint density at radius 3 is 1.76 bits per heavy atom. The summed E-state index contributed by atoms with van der Waals surface area (Å²) in [6.07, 6.45) is 4.49. The first-order valence-electron chi connectivity index (χ1n) is 15.8. The molecule has 0 fully saturated rings. The quantitative estimate of drug-likeness (QED) is 0.199. The summed E-state index contributed by atoms with van der Waals surface area (Å²) >= 11 is 0. The number of para-hydroxylation sites is 3. The fraction of sp³-hybridized carbons (Fsp3) is 0. The Morgan fingerprint density at radius 2 is 0.913 bits per heavy atom. The Hall–Kier alpha value is -6.12. The van der Waals surface area contributed by atoms with Gasteiger partial charge in [-0.3, -0.25) is 0 Å². The molecule has 1 aromatic heterocycles. The summed E-state index contributed by atoms with van der Waals surface area (Å²) in [6, 6.07) is 61.2. The zero-order valence-electron chi connectivity index (χ0n) is 25.2. The maximum absolute atomic E-state index is 2.39. The highest BCUT2D eigenvalue weighted by molar-refractivity contribution is 6.10. The normalized spacial score (nSPS) is 12.2. The van der Waals surface area contributed by atoms with Crippen molar-refractivity contribution >= 4 is 51.0 Å². The van der Waals surface area contributed by atoms with Crippen molar-refractivity contribution in [3.8, 4) is 27.9 Å². The van der Waals surface area contributed by atoms with Crippen molar-refractivity contribution in [2.24, 2.45) is 0 Å². The third kappa shape index (κ3) is 4.35. The average Bonchev–Trinajstić information content (AvgIpc) is 3.36. The van der Waals surface area contributed by atoms with E-state index in [9.17, 15) is 0 Å². The lowest BCUT2D eigenvalue weighted by molar-refractivity contribution is 1.18.